The average Bonchev–Trinajstić information content (AvgIpc) is 2.08. The molecule has 1 aromatic carbocycles. The van der Waals surface area contributed by atoms with Crippen molar-refractivity contribution in [1.29, 1.82) is 0 Å². The molecule has 0 fully saturated rings. The number of methoxy groups -OCH3 is 1. The van der Waals surface area contributed by atoms with Crippen molar-refractivity contribution in [3.63, 3.8) is 0 Å². The Bertz CT molecular complexity index is 307. The molecule has 0 aliphatic carbocycles. The van der Waals surface area contributed by atoms with Crippen LogP contribution in [-0.4, -0.2) is 13.1 Å². The maximum absolute atomic E-state index is 11.1. The Morgan fingerprint density at radius 2 is 2.17 bits per heavy atom. The Kier molecular flexibility index (Phi) is 2.87. The molecule has 0 aliphatic rings. The van der Waals surface area contributed by atoms with Crippen molar-refractivity contribution in [1.82, 2.24) is 0 Å². The van der Waals surface area contributed by atoms with Gasteiger partial charge in [-0.15, -0.1) is 0 Å². The number of esters is 1. The van der Waals surface area contributed by atoms with Crippen molar-refractivity contribution in [3.05, 3.63) is 33.8 Å². The van der Waals surface area contributed by atoms with Gasteiger partial charge in [0.15, 0.2) is 0 Å². The van der Waals surface area contributed by atoms with Gasteiger partial charge < -0.3 is 4.74 Å². The summed E-state index contributed by atoms with van der Waals surface area (Å²) in [7, 11) is 1.38. The van der Waals surface area contributed by atoms with E-state index in [0.717, 1.165) is 10.0 Å². The number of carbonyl (C=O) groups excluding carboxylic acids is 1. The monoisotopic (exact) mass is 229 g/mol. The maximum atomic E-state index is 11.1. The Morgan fingerprint density at radius 1 is 1.50 bits per heavy atom. The van der Waals surface area contributed by atoms with Crippen LogP contribution in [0.2, 0.25) is 0 Å². The van der Waals surface area contributed by atoms with E-state index in [4.69, 9.17) is 0 Å². The molecule has 2 nitrogen and oxygen atoms in total. The number of ether oxygens (including phenoxy) is 1. The van der Waals surface area contributed by atoms with Gasteiger partial charge in [-0.25, -0.2) is 4.79 Å². The molecule has 0 aliphatic heterocycles. The highest BCUT2D eigenvalue weighted by Crippen LogP contribution is 2.16. The van der Waals surface area contributed by atoms with Crippen molar-refractivity contribution < 1.29 is 9.53 Å². The molecule has 0 spiro atoms. The third kappa shape index (κ3) is 1.85. The molecule has 1 rings (SSSR count). The lowest BCUT2D eigenvalue weighted by Gasteiger charge is -2.03. The minimum absolute atomic E-state index is 0.297. The summed E-state index contributed by atoms with van der Waals surface area (Å²) in [5.74, 6) is -0.297. The lowest BCUT2D eigenvalue weighted by atomic mass is 10.1. The number of carbonyl (C=O) groups is 1. The average molecular weight is 230 g/mol. The van der Waals surface area contributed by atoms with Gasteiger partial charge in [-0.2, -0.15) is 0 Å². The molecular formula is C9H9BrO2. The van der Waals surface area contributed by atoms with Gasteiger partial charge in [-0.1, -0.05) is 22.0 Å². The second-order valence-corrected chi connectivity index (χ2v) is 3.37. The Balaban J connectivity index is 3.13. The summed E-state index contributed by atoms with van der Waals surface area (Å²) in [6, 6.07) is 5.51. The van der Waals surface area contributed by atoms with E-state index in [9.17, 15) is 4.79 Å². The van der Waals surface area contributed by atoms with Crippen LogP contribution in [0.15, 0.2) is 22.7 Å². The number of hydrogen-bond donors (Lipinski definition) is 0. The second-order valence-electron chi connectivity index (χ2n) is 2.45. The Labute approximate surface area is 79.7 Å². The van der Waals surface area contributed by atoms with Crippen LogP contribution in [0, 0.1) is 6.92 Å². The fourth-order valence-electron chi connectivity index (χ4n) is 0.924. The standard InChI is InChI=1S/C9H9BrO2/c1-6-3-4-7(10)5-8(6)9(11)12-2/h3-5H,1-2H3/i2+1. The number of rotatable bonds is 1. The van der Waals surface area contributed by atoms with Gasteiger partial charge in [0.1, 0.15) is 0 Å². The van der Waals surface area contributed by atoms with E-state index in [0.29, 0.717) is 5.56 Å². The van der Waals surface area contributed by atoms with Crippen molar-refractivity contribution in [2.24, 2.45) is 0 Å². The zero-order chi connectivity index (χ0) is 9.14. The SMILES string of the molecule is Cc1ccc(Br)cc1C(=O)O[13CH3]. The molecule has 0 aromatic heterocycles. The zero-order valence-corrected chi connectivity index (χ0v) is 8.51. The molecule has 0 bridgehead atoms. The molecule has 0 unspecified atom stereocenters. The van der Waals surface area contributed by atoms with Gasteiger partial charge >= 0.3 is 5.97 Å². The molecule has 0 amide bonds. The smallest absolute Gasteiger partial charge is 0.338 e. The summed E-state index contributed by atoms with van der Waals surface area (Å²) >= 11 is 3.29. The second kappa shape index (κ2) is 3.72. The van der Waals surface area contributed by atoms with Crippen LogP contribution < -0.4 is 0 Å². The molecule has 64 valence electrons. The van der Waals surface area contributed by atoms with Crippen molar-refractivity contribution in [2.75, 3.05) is 7.11 Å². The van der Waals surface area contributed by atoms with E-state index >= 15 is 0 Å². The number of halogens is 1. The zero-order valence-electron chi connectivity index (χ0n) is 6.93. The normalized spacial score (nSPS) is 9.58. The first-order valence-corrected chi connectivity index (χ1v) is 4.29. The van der Waals surface area contributed by atoms with Crippen LogP contribution in [0.25, 0.3) is 0 Å². The molecule has 3 heteroatoms. The van der Waals surface area contributed by atoms with E-state index in [-0.39, 0.29) is 5.97 Å². The minimum Gasteiger partial charge on any atom is -0.465 e. The first kappa shape index (κ1) is 9.26. The fourth-order valence-corrected chi connectivity index (χ4v) is 1.29. The van der Waals surface area contributed by atoms with Crippen molar-refractivity contribution >= 4 is 21.9 Å². The van der Waals surface area contributed by atoms with Gasteiger partial charge in [0, 0.05) is 4.47 Å². The predicted octanol–water partition coefficient (Wildman–Crippen LogP) is 2.54. The highest BCUT2D eigenvalue weighted by atomic mass is 79.9. The van der Waals surface area contributed by atoms with Gasteiger partial charge in [-0.05, 0) is 24.6 Å². The van der Waals surface area contributed by atoms with Crippen molar-refractivity contribution in [2.45, 2.75) is 6.92 Å². The fraction of sp³-hybridized carbons (Fsp3) is 0.222. The van der Waals surface area contributed by atoms with Crippen LogP contribution in [0.4, 0.5) is 0 Å². The third-order valence-corrected chi connectivity index (χ3v) is 2.10. The Morgan fingerprint density at radius 3 is 2.75 bits per heavy atom. The van der Waals surface area contributed by atoms with Gasteiger partial charge in [-0.3, -0.25) is 0 Å². The molecule has 0 N–H and O–H groups in total. The number of aryl methyl sites for hydroxylation is 1. The summed E-state index contributed by atoms with van der Waals surface area (Å²) in [5.41, 5.74) is 1.52. The number of benzene rings is 1. The lowest BCUT2D eigenvalue weighted by Crippen LogP contribution is -2.03. The molecule has 1 aromatic rings. The quantitative estimate of drug-likeness (QED) is 0.547. The third-order valence-electron chi connectivity index (χ3n) is 1.60. The van der Waals surface area contributed by atoms with Crippen LogP contribution in [-0.2, 0) is 4.74 Å². The van der Waals surface area contributed by atoms with Crippen LogP contribution in [0.3, 0.4) is 0 Å². The van der Waals surface area contributed by atoms with E-state index in [1.54, 1.807) is 6.07 Å². The summed E-state index contributed by atoms with van der Waals surface area (Å²) < 4.78 is 5.50. The summed E-state index contributed by atoms with van der Waals surface area (Å²) in [6.45, 7) is 1.87. The van der Waals surface area contributed by atoms with E-state index in [2.05, 4.69) is 20.7 Å². The summed E-state index contributed by atoms with van der Waals surface area (Å²) in [5, 5.41) is 0. The minimum atomic E-state index is -0.297. The molecular weight excluding hydrogens is 221 g/mol. The Hall–Kier alpha value is -0.830. The summed E-state index contributed by atoms with van der Waals surface area (Å²) in [6.07, 6.45) is 0. The highest BCUT2D eigenvalue weighted by molar-refractivity contribution is 9.10. The van der Waals surface area contributed by atoms with Gasteiger partial charge in [0.25, 0.3) is 0 Å². The molecule has 0 heterocycles. The lowest BCUT2D eigenvalue weighted by molar-refractivity contribution is 0.0600. The maximum Gasteiger partial charge on any atom is 0.338 e. The molecule has 12 heavy (non-hydrogen) atoms. The van der Waals surface area contributed by atoms with Crippen molar-refractivity contribution in [3.8, 4) is 0 Å². The largest absolute Gasteiger partial charge is 0.465 e. The predicted molar refractivity (Wildman–Crippen MR) is 50.2 cm³/mol. The molecule has 0 radical (unpaired) electrons. The van der Waals surface area contributed by atoms with E-state index < -0.39 is 0 Å². The first-order valence-electron chi connectivity index (χ1n) is 3.49. The number of hydrogen-bond acceptors (Lipinski definition) is 2. The molecule has 0 saturated carbocycles. The van der Waals surface area contributed by atoms with Crippen LogP contribution in [0.1, 0.15) is 15.9 Å². The van der Waals surface area contributed by atoms with Crippen LogP contribution in [0.5, 0.6) is 0 Å². The topological polar surface area (TPSA) is 26.3 Å². The first-order chi connectivity index (χ1) is 5.65. The molecule has 0 atom stereocenters. The summed E-state index contributed by atoms with van der Waals surface area (Å²) in [4.78, 5) is 11.1. The van der Waals surface area contributed by atoms with E-state index in [1.165, 1.54) is 7.11 Å². The van der Waals surface area contributed by atoms with Gasteiger partial charge in [0.05, 0.1) is 12.7 Å². The van der Waals surface area contributed by atoms with Crippen LogP contribution >= 0.6 is 15.9 Å². The highest BCUT2D eigenvalue weighted by Gasteiger charge is 2.08. The molecule has 0 saturated heterocycles. The van der Waals surface area contributed by atoms with E-state index in [1.807, 2.05) is 19.1 Å². The van der Waals surface area contributed by atoms with Gasteiger partial charge in [0.2, 0.25) is 0 Å².